The van der Waals surface area contributed by atoms with E-state index in [2.05, 4.69) is 140 Å². The minimum Gasteiger partial charge on any atom is -0.270 e. The lowest BCUT2D eigenvalue weighted by Crippen LogP contribution is -2.40. The summed E-state index contributed by atoms with van der Waals surface area (Å²) >= 11 is 0. The predicted molar refractivity (Wildman–Crippen MR) is 387 cm³/mol. The summed E-state index contributed by atoms with van der Waals surface area (Å²) in [7, 11) is 0. The zero-order valence-electron chi connectivity index (χ0n) is 56.1. The number of fused-ring (bicyclic) bond motifs is 6. The Morgan fingerprint density at radius 1 is 0.283 bits per heavy atom. The van der Waals surface area contributed by atoms with Crippen molar-refractivity contribution < 1.29 is 19.2 Å². The molecule has 0 N–H and O–H groups in total. The van der Waals surface area contributed by atoms with Crippen molar-refractivity contribution in [2.45, 2.75) is 197 Å². The van der Waals surface area contributed by atoms with Crippen LogP contribution in [0.4, 0.5) is 0 Å². The van der Waals surface area contributed by atoms with Crippen LogP contribution in [0.25, 0.3) is 86.2 Å². The van der Waals surface area contributed by atoms with E-state index in [9.17, 15) is 0 Å². The van der Waals surface area contributed by atoms with Gasteiger partial charge in [-0.05, 0) is 195 Å². The third kappa shape index (κ3) is 11.1. The van der Waals surface area contributed by atoms with Crippen LogP contribution in [-0.4, -0.2) is 33.4 Å². The van der Waals surface area contributed by atoms with Gasteiger partial charge in [-0.25, -0.2) is 0 Å². The van der Waals surface area contributed by atoms with E-state index in [1.54, 1.807) is 0 Å². The van der Waals surface area contributed by atoms with E-state index in [4.69, 9.17) is 0 Å². The Labute approximate surface area is 545 Å². The molecule has 0 fully saturated rings. The molecule has 0 saturated carbocycles. The predicted octanol–water partition coefficient (Wildman–Crippen LogP) is 23.0. The van der Waals surface area contributed by atoms with Crippen molar-refractivity contribution in [2.75, 3.05) is 0 Å². The van der Waals surface area contributed by atoms with Crippen LogP contribution in [0.15, 0.2) is 133 Å². The van der Waals surface area contributed by atoms with E-state index >= 15 is 19.2 Å². The van der Waals surface area contributed by atoms with Gasteiger partial charge in [-0.1, -0.05) is 255 Å². The first-order valence-corrected chi connectivity index (χ1v) is 35.8. The molecular weight excluding hydrogens is 1120 g/mol. The minimum absolute atomic E-state index is 0.144. The maximum atomic E-state index is 15.5. The summed E-state index contributed by atoms with van der Waals surface area (Å²) in [5.41, 5.74) is 9.40. The molecule has 6 nitrogen and oxygen atoms in total. The molecule has 4 atom stereocenters. The van der Waals surface area contributed by atoms with Crippen molar-refractivity contribution in [1.82, 2.24) is 9.80 Å². The number of amides is 4. The first-order valence-electron chi connectivity index (χ1n) is 35.8. The van der Waals surface area contributed by atoms with Crippen molar-refractivity contribution >= 4 is 110 Å². The number of carbonyl (C=O) groups excluding carboxylic acids is 4. The lowest BCUT2D eigenvalue weighted by Gasteiger charge is -2.31. The van der Waals surface area contributed by atoms with Crippen molar-refractivity contribution in [2.24, 2.45) is 23.7 Å². The molecule has 2 heterocycles. The van der Waals surface area contributed by atoms with E-state index in [-0.39, 0.29) is 36.7 Å². The van der Waals surface area contributed by atoms with Gasteiger partial charge in [-0.15, -0.1) is 0 Å². The molecule has 92 heavy (non-hydrogen) atoms. The first-order chi connectivity index (χ1) is 45.0. The molecule has 13 rings (SSSR count). The van der Waals surface area contributed by atoms with Gasteiger partial charge >= 0.3 is 0 Å². The maximum Gasteiger partial charge on any atom is 0.261 e. The van der Waals surface area contributed by atoms with Crippen molar-refractivity contribution in [3.05, 3.63) is 189 Å². The molecular formula is C86H94N2O4. The molecule has 11 aromatic carbocycles. The lowest BCUT2D eigenvalue weighted by atomic mass is 9.82. The van der Waals surface area contributed by atoms with Crippen LogP contribution in [0.5, 0.6) is 0 Å². The summed E-state index contributed by atoms with van der Waals surface area (Å²) in [6.07, 6.45) is 22.8. The largest absolute Gasteiger partial charge is 0.270 e. The summed E-state index contributed by atoms with van der Waals surface area (Å²) < 4.78 is 0. The van der Waals surface area contributed by atoms with Gasteiger partial charge in [-0.2, -0.15) is 0 Å². The van der Waals surface area contributed by atoms with Crippen LogP contribution >= 0.6 is 0 Å². The van der Waals surface area contributed by atoms with Crippen molar-refractivity contribution in [1.29, 1.82) is 0 Å². The Morgan fingerprint density at radius 3 is 0.761 bits per heavy atom. The average Bonchev–Trinajstić information content (AvgIpc) is 0.715. The fourth-order valence-electron chi connectivity index (χ4n) is 16.8. The van der Waals surface area contributed by atoms with Gasteiger partial charge < -0.3 is 0 Å². The second-order valence-electron chi connectivity index (χ2n) is 27.8. The highest BCUT2D eigenvalue weighted by Crippen LogP contribution is 2.48. The summed E-state index contributed by atoms with van der Waals surface area (Å²) in [4.78, 5) is 65.1. The highest BCUT2D eigenvalue weighted by atomic mass is 16.2. The SMILES string of the molecule is CCCCC(CC)Cc1cccc2c(CN3C(=O)c4ccc5c6ccc7c8c(ccc(c9ccc(c4c59)C3=O)c86)C(=O)N(Cc3c4cccc(CC(CC)CCCC)c4cc4c(CC(CC)CCCC)cccc34)C7=O)c3cccc(CC(CC)CCCC)c3cc12. The number of hydrogen-bond acceptors (Lipinski definition) is 4. The Balaban J connectivity index is 0.890. The second kappa shape index (κ2) is 26.9. The number of imide groups is 2. The van der Waals surface area contributed by atoms with Gasteiger partial charge in [0.05, 0.1) is 13.1 Å². The summed E-state index contributed by atoms with van der Waals surface area (Å²) in [6, 6.07) is 47.5. The normalized spacial score (nSPS) is 14.9. The fraction of sp³-hybridized carbons (Fsp3) is 0.395. The van der Waals surface area contributed by atoms with Gasteiger partial charge in [0.2, 0.25) is 0 Å². The topological polar surface area (TPSA) is 74.8 Å². The third-order valence-corrected chi connectivity index (χ3v) is 22.3. The van der Waals surface area contributed by atoms with Crippen LogP contribution in [0.3, 0.4) is 0 Å². The van der Waals surface area contributed by atoms with Gasteiger partial charge in [-0.3, -0.25) is 29.0 Å². The number of carbonyl (C=O) groups is 4. The van der Waals surface area contributed by atoms with Gasteiger partial charge in [0, 0.05) is 33.0 Å². The standard InChI is InChI=1S/C86H94N2O4/c1-9-17-25-53(13-5)45-57-29-21-33-61-73(57)49-74-58(46-54(14-6)26-18-10-2)30-22-34-62(74)77(61)51-87-83(89)69-41-37-65-67-39-43-71-82-72(44-40-68(80(67)82)66-38-42-70(84(87)90)81(69)79(65)66)86(92)88(85(71)91)52-78-63-35-23-31-59(47-55(15-7)27-19-11-3)75(63)50-76-60(32-24-36-64(76)78)48-56(16-8)28-20-12-4/h21-24,29-44,49-50,53-56H,9-20,25-28,45-48,51-52H2,1-8H3. The third-order valence-electron chi connectivity index (χ3n) is 22.3. The summed E-state index contributed by atoms with van der Waals surface area (Å²) in [6.45, 7) is 18.7. The number of unbranched alkanes of at least 4 members (excludes halogenated alkanes) is 4. The summed E-state index contributed by atoms with van der Waals surface area (Å²) in [5, 5.41) is 15.9. The Bertz CT molecular complexity index is 4100. The van der Waals surface area contributed by atoms with E-state index in [1.165, 1.54) is 131 Å². The van der Waals surface area contributed by atoms with E-state index < -0.39 is 0 Å². The molecule has 2 aliphatic heterocycles. The first kappa shape index (κ1) is 62.8. The second-order valence-corrected chi connectivity index (χ2v) is 27.8. The molecule has 0 radical (unpaired) electrons. The Morgan fingerprint density at radius 2 is 0.533 bits per heavy atom. The fourth-order valence-corrected chi connectivity index (χ4v) is 16.8. The van der Waals surface area contributed by atoms with Crippen LogP contribution in [0.2, 0.25) is 0 Å². The molecule has 6 heteroatoms. The molecule has 0 aromatic heterocycles. The molecule has 4 unspecified atom stereocenters. The zero-order valence-corrected chi connectivity index (χ0v) is 56.1. The van der Waals surface area contributed by atoms with Crippen molar-refractivity contribution in [3.8, 4) is 0 Å². The van der Waals surface area contributed by atoms with Crippen LogP contribution in [0.1, 0.15) is 233 Å². The number of benzene rings is 11. The lowest BCUT2D eigenvalue weighted by molar-refractivity contribution is 0.0584. The quantitative estimate of drug-likeness (QED) is 0.0278. The number of rotatable bonds is 28. The molecule has 11 aromatic rings. The zero-order chi connectivity index (χ0) is 63.9. The smallest absolute Gasteiger partial charge is 0.261 e. The van der Waals surface area contributed by atoms with E-state index in [0.717, 1.165) is 116 Å². The number of hydrogen-bond donors (Lipinski definition) is 0. The highest BCUT2D eigenvalue weighted by molar-refractivity contribution is 6.41. The molecule has 0 spiro atoms. The van der Waals surface area contributed by atoms with Gasteiger partial charge in [0.25, 0.3) is 23.6 Å². The van der Waals surface area contributed by atoms with Crippen LogP contribution in [-0.2, 0) is 38.8 Å². The van der Waals surface area contributed by atoms with Gasteiger partial charge in [0.15, 0.2) is 0 Å². The Kier molecular flexibility index (Phi) is 18.4. The molecule has 4 amide bonds. The van der Waals surface area contributed by atoms with E-state index in [1.807, 2.05) is 48.5 Å². The van der Waals surface area contributed by atoms with Gasteiger partial charge in [0.1, 0.15) is 0 Å². The monoisotopic (exact) mass is 1220 g/mol. The maximum absolute atomic E-state index is 15.5. The average molecular weight is 1220 g/mol. The van der Waals surface area contributed by atoms with Crippen LogP contribution in [0, 0.1) is 23.7 Å². The molecule has 2 aliphatic rings. The summed E-state index contributed by atoms with van der Waals surface area (Å²) in [5.74, 6) is 1.09. The molecule has 0 aliphatic carbocycles. The molecule has 0 saturated heterocycles. The minimum atomic E-state index is -0.298. The highest BCUT2D eigenvalue weighted by Gasteiger charge is 2.38. The van der Waals surface area contributed by atoms with E-state index in [0.29, 0.717) is 56.7 Å². The van der Waals surface area contributed by atoms with Crippen molar-refractivity contribution in [3.63, 3.8) is 0 Å². The Hall–Kier alpha value is -7.96. The molecule has 0 bridgehead atoms. The number of nitrogens with zero attached hydrogens (tertiary/aromatic N) is 2. The molecule has 472 valence electrons. The van der Waals surface area contributed by atoms with Crippen LogP contribution < -0.4 is 0 Å².